The number of carboxylic acid groups (broad SMARTS) is 1. The molecule has 3 heterocycles. The van der Waals surface area contributed by atoms with Crippen LogP contribution < -0.4 is 0 Å². The third kappa shape index (κ3) is 2.53. The Kier molecular flexibility index (Phi) is 3.54. The number of fused-ring (bicyclic) bond motifs is 2. The number of carbonyl (C=O) groups is 1. The molecule has 102 valence electrons. The monoisotopic (exact) mass is 254 g/mol. The summed E-state index contributed by atoms with van der Waals surface area (Å²) in [7, 11) is 0. The van der Waals surface area contributed by atoms with Crippen molar-refractivity contribution in [1.29, 1.82) is 0 Å². The minimum Gasteiger partial charge on any atom is -0.481 e. The van der Waals surface area contributed by atoms with E-state index in [1.165, 1.54) is 32.5 Å². The Hall–Kier alpha value is -0.650. The van der Waals surface area contributed by atoms with E-state index in [4.69, 9.17) is 9.84 Å². The maximum atomic E-state index is 10.8. The Morgan fingerprint density at radius 3 is 2.89 bits per heavy atom. The predicted octanol–water partition coefficient (Wildman–Crippen LogP) is 0.256. The van der Waals surface area contributed by atoms with E-state index in [0.29, 0.717) is 12.6 Å². The highest BCUT2D eigenvalue weighted by Crippen LogP contribution is 2.31. The quantitative estimate of drug-likeness (QED) is 0.783. The molecule has 1 N–H and O–H groups in total. The second kappa shape index (κ2) is 5.15. The van der Waals surface area contributed by atoms with E-state index in [0.717, 1.165) is 19.0 Å². The van der Waals surface area contributed by atoms with Crippen molar-refractivity contribution in [3.05, 3.63) is 0 Å². The van der Waals surface area contributed by atoms with Crippen molar-refractivity contribution < 1.29 is 14.6 Å². The molecule has 0 aromatic carbocycles. The van der Waals surface area contributed by atoms with Gasteiger partial charge in [0.1, 0.15) is 0 Å². The molecule has 3 rings (SSSR count). The van der Waals surface area contributed by atoms with Gasteiger partial charge in [0.2, 0.25) is 0 Å². The van der Waals surface area contributed by atoms with Crippen molar-refractivity contribution in [3.63, 3.8) is 0 Å². The maximum Gasteiger partial charge on any atom is 0.306 e. The van der Waals surface area contributed by atoms with Crippen LogP contribution in [-0.2, 0) is 9.53 Å². The number of aliphatic carboxylic acids is 1. The van der Waals surface area contributed by atoms with E-state index in [-0.39, 0.29) is 12.5 Å². The summed E-state index contributed by atoms with van der Waals surface area (Å²) in [4.78, 5) is 15.8. The average molecular weight is 254 g/mol. The summed E-state index contributed by atoms with van der Waals surface area (Å²) < 4.78 is 5.56. The Labute approximate surface area is 108 Å². The Balaban J connectivity index is 1.59. The summed E-state index contributed by atoms with van der Waals surface area (Å²) in [5, 5.41) is 8.86. The SMILES string of the molecule is O=C(O)CC1CN(C2CCN3CCC2C3)CCO1. The molecule has 3 saturated heterocycles. The van der Waals surface area contributed by atoms with E-state index in [1.54, 1.807) is 0 Å². The first-order valence-electron chi connectivity index (χ1n) is 7.02. The van der Waals surface area contributed by atoms with Gasteiger partial charge in [-0.05, 0) is 31.8 Å². The van der Waals surface area contributed by atoms with E-state index in [2.05, 4.69) is 9.80 Å². The number of ether oxygens (including phenoxy) is 1. The molecule has 3 fully saturated rings. The highest BCUT2D eigenvalue weighted by Gasteiger charge is 2.39. The van der Waals surface area contributed by atoms with Crippen molar-refractivity contribution in [2.75, 3.05) is 39.3 Å². The summed E-state index contributed by atoms with van der Waals surface area (Å²) in [5.74, 6) is 0.0415. The summed E-state index contributed by atoms with van der Waals surface area (Å²) in [6.45, 7) is 6.16. The molecule has 0 aromatic rings. The molecule has 4 atom stereocenters. The Morgan fingerprint density at radius 2 is 2.06 bits per heavy atom. The van der Waals surface area contributed by atoms with Gasteiger partial charge in [0.25, 0.3) is 0 Å². The van der Waals surface area contributed by atoms with Crippen LogP contribution in [0, 0.1) is 5.92 Å². The summed E-state index contributed by atoms with van der Waals surface area (Å²) in [6.07, 6.45) is 2.58. The van der Waals surface area contributed by atoms with Crippen LogP contribution in [0.1, 0.15) is 19.3 Å². The van der Waals surface area contributed by atoms with E-state index in [9.17, 15) is 4.79 Å². The lowest BCUT2D eigenvalue weighted by atomic mass is 9.92. The van der Waals surface area contributed by atoms with Gasteiger partial charge < -0.3 is 14.7 Å². The Bertz CT molecular complexity index is 323. The van der Waals surface area contributed by atoms with Gasteiger partial charge in [-0.15, -0.1) is 0 Å². The van der Waals surface area contributed by atoms with Gasteiger partial charge in [-0.25, -0.2) is 0 Å². The smallest absolute Gasteiger partial charge is 0.306 e. The van der Waals surface area contributed by atoms with Gasteiger partial charge in [0.15, 0.2) is 0 Å². The van der Waals surface area contributed by atoms with Crippen LogP contribution in [-0.4, -0.2) is 72.4 Å². The van der Waals surface area contributed by atoms with Crippen LogP contribution in [0.25, 0.3) is 0 Å². The van der Waals surface area contributed by atoms with Crippen LogP contribution in [0.5, 0.6) is 0 Å². The molecule has 3 aliphatic rings. The van der Waals surface area contributed by atoms with Gasteiger partial charge in [0, 0.05) is 25.7 Å². The number of nitrogens with zero attached hydrogens (tertiary/aromatic N) is 2. The summed E-state index contributed by atoms with van der Waals surface area (Å²) in [5.41, 5.74) is 0. The molecule has 5 nitrogen and oxygen atoms in total. The molecule has 0 radical (unpaired) electrons. The molecule has 0 saturated carbocycles. The third-order valence-corrected chi connectivity index (χ3v) is 4.64. The lowest BCUT2D eigenvalue weighted by Crippen LogP contribution is -2.53. The van der Waals surface area contributed by atoms with E-state index >= 15 is 0 Å². The van der Waals surface area contributed by atoms with Gasteiger partial charge in [0.05, 0.1) is 19.1 Å². The largest absolute Gasteiger partial charge is 0.481 e. The first kappa shape index (κ1) is 12.4. The maximum absolute atomic E-state index is 10.8. The molecular weight excluding hydrogens is 232 g/mol. The van der Waals surface area contributed by atoms with Crippen LogP contribution in [0.15, 0.2) is 0 Å². The van der Waals surface area contributed by atoms with Gasteiger partial charge >= 0.3 is 5.97 Å². The first-order chi connectivity index (χ1) is 8.72. The summed E-state index contributed by atoms with van der Waals surface area (Å²) in [6, 6.07) is 0.656. The second-order valence-electron chi connectivity index (χ2n) is 5.79. The molecule has 4 unspecified atom stereocenters. The zero-order chi connectivity index (χ0) is 12.5. The van der Waals surface area contributed by atoms with Crippen LogP contribution in [0.2, 0.25) is 0 Å². The normalized spacial score (nSPS) is 40.9. The molecule has 0 aliphatic carbocycles. The zero-order valence-corrected chi connectivity index (χ0v) is 10.8. The third-order valence-electron chi connectivity index (χ3n) is 4.64. The minimum atomic E-state index is -0.752. The first-order valence-corrected chi connectivity index (χ1v) is 7.02. The van der Waals surface area contributed by atoms with Crippen molar-refractivity contribution >= 4 is 5.97 Å². The molecule has 0 aromatic heterocycles. The van der Waals surface area contributed by atoms with Crippen LogP contribution >= 0.6 is 0 Å². The van der Waals surface area contributed by atoms with Gasteiger partial charge in [-0.2, -0.15) is 0 Å². The number of hydrogen-bond acceptors (Lipinski definition) is 4. The lowest BCUT2D eigenvalue weighted by Gasteiger charge is -2.42. The summed E-state index contributed by atoms with van der Waals surface area (Å²) >= 11 is 0. The molecule has 2 bridgehead atoms. The molecule has 0 amide bonds. The molecule has 18 heavy (non-hydrogen) atoms. The molecule has 5 heteroatoms. The number of rotatable bonds is 3. The number of morpholine rings is 1. The fourth-order valence-electron chi connectivity index (χ4n) is 3.77. The van der Waals surface area contributed by atoms with Crippen LogP contribution in [0.3, 0.4) is 0 Å². The fourth-order valence-corrected chi connectivity index (χ4v) is 3.77. The second-order valence-corrected chi connectivity index (χ2v) is 5.79. The highest BCUT2D eigenvalue weighted by molar-refractivity contribution is 5.67. The predicted molar refractivity (Wildman–Crippen MR) is 66.5 cm³/mol. The van der Waals surface area contributed by atoms with Gasteiger partial charge in [-0.1, -0.05) is 0 Å². The lowest BCUT2D eigenvalue weighted by molar-refractivity contribution is -0.143. The van der Waals surface area contributed by atoms with Crippen LogP contribution in [0.4, 0.5) is 0 Å². The van der Waals surface area contributed by atoms with Crippen molar-refractivity contribution in [2.24, 2.45) is 5.92 Å². The average Bonchev–Trinajstić information content (AvgIpc) is 2.71. The molecular formula is C13H22N2O3. The van der Waals surface area contributed by atoms with Crippen molar-refractivity contribution in [3.8, 4) is 0 Å². The fraction of sp³-hybridized carbons (Fsp3) is 0.923. The molecule has 3 aliphatic heterocycles. The number of piperidine rings is 1. The molecule has 0 spiro atoms. The Morgan fingerprint density at radius 1 is 1.22 bits per heavy atom. The van der Waals surface area contributed by atoms with E-state index in [1.807, 2.05) is 0 Å². The standard InChI is InChI=1S/C13H22N2O3/c16-13(17)7-11-9-15(5-6-18-11)12-2-4-14-3-1-10(12)8-14/h10-12H,1-9H2,(H,16,17). The topological polar surface area (TPSA) is 53.0 Å². The highest BCUT2D eigenvalue weighted by atomic mass is 16.5. The number of carboxylic acids is 1. The van der Waals surface area contributed by atoms with Gasteiger partial charge in [-0.3, -0.25) is 9.69 Å². The van der Waals surface area contributed by atoms with E-state index < -0.39 is 5.97 Å². The number of hydrogen-bond donors (Lipinski definition) is 1. The van der Waals surface area contributed by atoms with Crippen molar-refractivity contribution in [2.45, 2.75) is 31.4 Å². The zero-order valence-electron chi connectivity index (χ0n) is 10.8. The minimum absolute atomic E-state index is 0.115. The van der Waals surface area contributed by atoms with Crippen molar-refractivity contribution in [1.82, 2.24) is 9.80 Å².